The summed E-state index contributed by atoms with van der Waals surface area (Å²) in [4.78, 5) is 46.7. The summed E-state index contributed by atoms with van der Waals surface area (Å²) in [5.74, 6) is -1.67. The van der Waals surface area contributed by atoms with Gasteiger partial charge >= 0.3 is 0 Å². The molecule has 34 heavy (non-hydrogen) atoms. The Morgan fingerprint density at radius 2 is 1.82 bits per heavy atom. The summed E-state index contributed by atoms with van der Waals surface area (Å²) in [5, 5.41) is 0. The minimum atomic E-state index is -1.44. The second kappa shape index (κ2) is 9.95. The van der Waals surface area contributed by atoms with Gasteiger partial charge in [-0.3, -0.25) is 24.3 Å². The first-order valence-corrected chi connectivity index (χ1v) is 11.2. The molecule has 1 saturated heterocycles. The number of carbonyl (C=O) groups is 3. The average molecular weight is 460 g/mol. The van der Waals surface area contributed by atoms with Crippen molar-refractivity contribution in [3.05, 3.63) is 102 Å². The number of carbonyl (C=O) groups excluding carboxylic acids is 3. The standard InChI is InChI=1S/C27H26FN3O3/c1-30(14-12-20-7-3-2-4-8-20)24(32)16-27(22-10-5-11-23(28)15-22)17-25(33)31(26(27)34)19-21-9-6-13-29-18-21/h2-11,13,15,18H,12,14,16-17,19H2,1H3/t27-/m1/s1. The lowest BCUT2D eigenvalue weighted by molar-refractivity contribution is -0.143. The maximum atomic E-state index is 14.1. The summed E-state index contributed by atoms with van der Waals surface area (Å²) in [6.07, 6.45) is 3.46. The quantitative estimate of drug-likeness (QED) is 0.484. The van der Waals surface area contributed by atoms with Gasteiger partial charge in [-0.25, -0.2) is 4.39 Å². The monoisotopic (exact) mass is 459 g/mol. The average Bonchev–Trinajstić information content (AvgIpc) is 3.08. The van der Waals surface area contributed by atoms with Crippen LogP contribution in [0.3, 0.4) is 0 Å². The Bertz CT molecular complexity index is 1190. The normalized spacial score (nSPS) is 17.8. The number of likely N-dealkylation sites (N-methyl/N-ethyl adjacent to an activating group) is 1. The second-order valence-corrected chi connectivity index (χ2v) is 8.64. The van der Waals surface area contributed by atoms with Crippen LogP contribution in [0, 0.1) is 5.82 Å². The molecule has 0 radical (unpaired) electrons. The fraction of sp³-hybridized carbons (Fsp3) is 0.259. The minimum absolute atomic E-state index is 0.0562. The van der Waals surface area contributed by atoms with Crippen LogP contribution in [0.4, 0.5) is 4.39 Å². The van der Waals surface area contributed by atoms with Gasteiger partial charge in [0.05, 0.1) is 12.0 Å². The highest BCUT2D eigenvalue weighted by Gasteiger charge is 2.54. The van der Waals surface area contributed by atoms with Gasteiger partial charge in [-0.15, -0.1) is 0 Å². The highest BCUT2D eigenvalue weighted by Crippen LogP contribution is 2.41. The number of nitrogens with zero attached hydrogens (tertiary/aromatic N) is 3. The van der Waals surface area contributed by atoms with Gasteiger partial charge in [0.25, 0.3) is 0 Å². The van der Waals surface area contributed by atoms with E-state index in [0.29, 0.717) is 24.1 Å². The van der Waals surface area contributed by atoms with E-state index in [2.05, 4.69) is 4.98 Å². The van der Waals surface area contributed by atoms with Crippen molar-refractivity contribution >= 4 is 17.7 Å². The van der Waals surface area contributed by atoms with Crippen LogP contribution >= 0.6 is 0 Å². The van der Waals surface area contributed by atoms with Gasteiger partial charge in [-0.2, -0.15) is 0 Å². The van der Waals surface area contributed by atoms with E-state index in [4.69, 9.17) is 0 Å². The Kier molecular flexibility index (Phi) is 6.82. The lowest BCUT2D eigenvalue weighted by Crippen LogP contribution is -2.43. The number of likely N-dealkylation sites (tertiary alicyclic amines) is 1. The lowest BCUT2D eigenvalue weighted by Gasteiger charge is -2.29. The predicted octanol–water partition coefficient (Wildman–Crippen LogP) is 3.51. The number of pyridine rings is 1. The van der Waals surface area contributed by atoms with Gasteiger partial charge in [-0.05, 0) is 41.3 Å². The van der Waals surface area contributed by atoms with Crippen molar-refractivity contribution in [1.82, 2.24) is 14.8 Å². The van der Waals surface area contributed by atoms with E-state index in [9.17, 15) is 18.8 Å². The molecule has 6 nitrogen and oxygen atoms in total. The SMILES string of the molecule is CN(CCc1ccccc1)C(=O)C[C@]1(c2cccc(F)c2)CC(=O)N(Cc2cccnc2)C1=O. The molecule has 4 rings (SSSR count). The van der Waals surface area contributed by atoms with Gasteiger partial charge in [0.15, 0.2) is 0 Å². The molecule has 0 bridgehead atoms. The van der Waals surface area contributed by atoms with Crippen LogP contribution in [-0.2, 0) is 32.8 Å². The van der Waals surface area contributed by atoms with Gasteiger partial charge in [0, 0.05) is 38.8 Å². The van der Waals surface area contributed by atoms with Crippen LogP contribution in [0.2, 0.25) is 0 Å². The van der Waals surface area contributed by atoms with Crippen molar-refractivity contribution < 1.29 is 18.8 Å². The predicted molar refractivity (Wildman–Crippen MR) is 125 cm³/mol. The molecule has 0 saturated carbocycles. The summed E-state index contributed by atoms with van der Waals surface area (Å²) < 4.78 is 14.1. The van der Waals surface area contributed by atoms with E-state index in [0.717, 1.165) is 10.5 Å². The van der Waals surface area contributed by atoms with E-state index < -0.39 is 23.0 Å². The van der Waals surface area contributed by atoms with Crippen molar-refractivity contribution in [2.75, 3.05) is 13.6 Å². The maximum Gasteiger partial charge on any atom is 0.241 e. The zero-order chi connectivity index (χ0) is 24.1. The molecule has 0 N–H and O–H groups in total. The molecule has 0 spiro atoms. The van der Waals surface area contributed by atoms with Gasteiger partial charge < -0.3 is 4.90 Å². The summed E-state index contributed by atoms with van der Waals surface area (Å²) >= 11 is 0. The van der Waals surface area contributed by atoms with E-state index in [1.807, 2.05) is 30.3 Å². The summed E-state index contributed by atoms with van der Waals surface area (Å²) in [7, 11) is 1.68. The number of benzene rings is 2. The molecule has 0 unspecified atom stereocenters. The summed E-state index contributed by atoms with van der Waals surface area (Å²) in [5.41, 5.74) is 0.686. The van der Waals surface area contributed by atoms with Crippen LogP contribution in [-0.4, -0.2) is 46.1 Å². The molecule has 2 aromatic carbocycles. The molecule has 1 atom stereocenters. The molecule has 7 heteroatoms. The number of hydrogen-bond acceptors (Lipinski definition) is 4. The Labute approximate surface area is 198 Å². The molecule has 1 aliphatic heterocycles. The van der Waals surface area contributed by atoms with Crippen LogP contribution in [0.5, 0.6) is 0 Å². The van der Waals surface area contributed by atoms with Crippen molar-refractivity contribution in [1.29, 1.82) is 0 Å². The van der Waals surface area contributed by atoms with E-state index in [1.165, 1.54) is 18.2 Å². The maximum absolute atomic E-state index is 14.1. The Morgan fingerprint density at radius 1 is 1.06 bits per heavy atom. The third-order valence-corrected chi connectivity index (χ3v) is 6.31. The lowest BCUT2D eigenvalue weighted by atomic mass is 9.75. The summed E-state index contributed by atoms with van der Waals surface area (Å²) in [6, 6.07) is 18.9. The number of amides is 3. The molecule has 1 fully saturated rings. The molecule has 3 aromatic rings. The third-order valence-electron chi connectivity index (χ3n) is 6.31. The number of halogens is 1. The zero-order valence-electron chi connectivity index (χ0n) is 19.0. The molecular formula is C27H26FN3O3. The zero-order valence-corrected chi connectivity index (χ0v) is 19.0. The van der Waals surface area contributed by atoms with Crippen LogP contribution < -0.4 is 0 Å². The van der Waals surface area contributed by atoms with Gasteiger partial charge in [0.2, 0.25) is 17.7 Å². The largest absolute Gasteiger partial charge is 0.345 e. The van der Waals surface area contributed by atoms with Crippen molar-refractivity contribution in [3.8, 4) is 0 Å². The van der Waals surface area contributed by atoms with Crippen molar-refractivity contribution in [2.24, 2.45) is 0 Å². The van der Waals surface area contributed by atoms with Crippen molar-refractivity contribution in [3.63, 3.8) is 0 Å². The summed E-state index contributed by atoms with van der Waals surface area (Å²) in [6.45, 7) is 0.518. The first-order valence-electron chi connectivity index (χ1n) is 11.2. The number of imide groups is 1. The Morgan fingerprint density at radius 3 is 2.53 bits per heavy atom. The second-order valence-electron chi connectivity index (χ2n) is 8.64. The van der Waals surface area contributed by atoms with Crippen LogP contribution in [0.1, 0.15) is 29.5 Å². The molecule has 0 aliphatic carbocycles. The number of aromatic nitrogens is 1. The van der Waals surface area contributed by atoms with Crippen LogP contribution in [0.25, 0.3) is 0 Å². The molecule has 3 amide bonds. The molecule has 1 aromatic heterocycles. The highest BCUT2D eigenvalue weighted by atomic mass is 19.1. The minimum Gasteiger partial charge on any atom is -0.345 e. The number of rotatable bonds is 8. The number of hydrogen-bond donors (Lipinski definition) is 0. The first-order chi connectivity index (χ1) is 16.4. The van der Waals surface area contributed by atoms with Crippen LogP contribution in [0.15, 0.2) is 79.1 Å². The molecular weight excluding hydrogens is 433 g/mol. The van der Waals surface area contributed by atoms with Crippen molar-refractivity contribution in [2.45, 2.75) is 31.2 Å². The fourth-order valence-electron chi connectivity index (χ4n) is 4.35. The van der Waals surface area contributed by atoms with E-state index in [-0.39, 0.29) is 25.3 Å². The first kappa shape index (κ1) is 23.3. The fourth-order valence-corrected chi connectivity index (χ4v) is 4.35. The third kappa shape index (κ3) is 4.88. The van der Waals surface area contributed by atoms with Gasteiger partial charge in [-0.1, -0.05) is 48.5 Å². The Hall–Kier alpha value is -3.87. The topological polar surface area (TPSA) is 70.6 Å². The smallest absolute Gasteiger partial charge is 0.241 e. The van der Waals surface area contributed by atoms with E-state index in [1.54, 1.807) is 42.5 Å². The molecule has 2 heterocycles. The highest BCUT2D eigenvalue weighted by molar-refractivity contribution is 6.10. The van der Waals surface area contributed by atoms with Gasteiger partial charge in [0.1, 0.15) is 5.82 Å². The molecule has 174 valence electrons. The van der Waals surface area contributed by atoms with E-state index >= 15 is 0 Å². The Balaban J connectivity index is 1.59. The molecule has 1 aliphatic rings.